The summed E-state index contributed by atoms with van der Waals surface area (Å²) >= 11 is 2.59. The molecular weight excluding hydrogens is 414 g/mol. The Morgan fingerprint density at radius 3 is 2.82 bits per heavy atom. The molecule has 0 bridgehead atoms. The number of aromatic nitrogens is 1. The summed E-state index contributed by atoms with van der Waals surface area (Å²) < 4.78 is 28.6. The third-order valence-corrected chi connectivity index (χ3v) is 9.35. The second-order valence-corrected chi connectivity index (χ2v) is 11.0. The highest BCUT2D eigenvalue weighted by Gasteiger charge is 2.38. The standard InChI is InChI=1S/C19H21N3O3S3/c1-12-8-9-15-17(13(12)2)20-19(27-15)21-18(23)14-6-3-4-10-22(14)28(24,25)16-7-5-11-26-16/h5,7-9,11,14H,3-4,6,10H2,1-2H3,(H,20,21,23)/t14-/m1/s1. The molecule has 1 fully saturated rings. The summed E-state index contributed by atoms with van der Waals surface area (Å²) in [6, 6.07) is 6.62. The highest BCUT2D eigenvalue weighted by Crippen LogP contribution is 2.32. The summed E-state index contributed by atoms with van der Waals surface area (Å²) in [6.45, 7) is 4.40. The minimum absolute atomic E-state index is 0.276. The number of thiophene rings is 1. The highest BCUT2D eigenvalue weighted by atomic mass is 32.2. The predicted molar refractivity (Wildman–Crippen MR) is 114 cm³/mol. The molecule has 9 heteroatoms. The zero-order valence-electron chi connectivity index (χ0n) is 15.6. The zero-order chi connectivity index (χ0) is 19.9. The van der Waals surface area contributed by atoms with E-state index in [9.17, 15) is 13.2 Å². The molecule has 1 atom stereocenters. The van der Waals surface area contributed by atoms with Crippen molar-refractivity contribution in [3.63, 3.8) is 0 Å². The number of sulfonamides is 1. The maximum absolute atomic E-state index is 13.0. The van der Waals surface area contributed by atoms with Crippen LogP contribution in [0, 0.1) is 13.8 Å². The highest BCUT2D eigenvalue weighted by molar-refractivity contribution is 7.91. The van der Waals surface area contributed by atoms with Crippen LogP contribution in [-0.4, -0.2) is 36.2 Å². The smallest absolute Gasteiger partial charge is 0.253 e. The zero-order valence-corrected chi connectivity index (χ0v) is 18.1. The average Bonchev–Trinajstić information content (AvgIpc) is 3.35. The van der Waals surface area contributed by atoms with Gasteiger partial charge < -0.3 is 5.32 Å². The van der Waals surface area contributed by atoms with E-state index in [2.05, 4.69) is 10.3 Å². The molecule has 0 radical (unpaired) electrons. The summed E-state index contributed by atoms with van der Waals surface area (Å²) in [4.78, 5) is 17.5. The number of aryl methyl sites for hydroxylation is 2. The quantitative estimate of drug-likeness (QED) is 0.667. The number of carbonyl (C=O) groups excluding carboxylic acids is 1. The van der Waals surface area contributed by atoms with E-state index >= 15 is 0 Å². The van der Waals surface area contributed by atoms with Crippen LogP contribution in [-0.2, 0) is 14.8 Å². The number of thiazole rings is 1. The summed E-state index contributed by atoms with van der Waals surface area (Å²) in [5.74, 6) is -0.312. The lowest BCUT2D eigenvalue weighted by molar-refractivity contribution is -0.120. The van der Waals surface area contributed by atoms with Crippen molar-refractivity contribution >= 4 is 54.0 Å². The maximum atomic E-state index is 13.0. The van der Waals surface area contributed by atoms with Crippen LogP contribution in [0.4, 0.5) is 5.13 Å². The Labute approximate surface area is 172 Å². The Morgan fingerprint density at radius 2 is 2.07 bits per heavy atom. The van der Waals surface area contributed by atoms with Gasteiger partial charge in [0, 0.05) is 6.54 Å². The van der Waals surface area contributed by atoms with E-state index in [1.165, 1.54) is 27.0 Å². The van der Waals surface area contributed by atoms with Gasteiger partial charge in [0.1, 0.15) is 10.3 Å². The summed E-state index contributed by atoms with van der Waals surface area (Å²) in [6.07, 6.45) is 2.10. The fourth-order valence-electron chi connectivity index (χ4n) is 3.45. The van der Waals surface area contributed by atoms with Crippen LogP contribution in [0.2, 0.25) is 0 Å². The van der Waals surface area contributed by atoms with Crippen LogP contribution in [0.5, 0.6) is 0 Å². The van der Waals surface area contributed by atoms with Crippen LogP contribution in [0.3, 0.4) is 0 Å². The molecule has 3 aromatic rings. The number of anilines is 1. The van der Waals surface area contributed by atoms with Crippen molar-refractivity contribution in [3.8, 4) is 0 Å². The first-order valence-electron chi connectivity index (χ1n) is 9.11. The molecule has 0 saturated carbocycles. The molecule has 28 heavy (non-hydrogen) atoms. The van der Waals surface area contributed by atoms with Gasteiger partial charge >= 0.3 is 0 Å². The van der Waals surface area contributed by atoms with E-state index in [1.54, 1.807) is 17.5 Å². The molecule has 1 N–H and O–H groups in total. The Morgan fingerprint density at radius 1 is 1.25 bits per heavy atom. The van der Waals surface area contributed by atoms with Crippen LogP contribution in [0.25, 0.3) is 10.2 Å². The number of carbonyl (C=O) groups is 1. The fraction of sp³-hybridized carbons (Fsp3) is 0.368. The average molecular weight is 436 g/mol. The first-order chi connectivity index (χ1) is 13.4. The SMILES string of the molecule is Cc1ccc2sc(NC(=O)[C@H]3CCCCN3S(=O)(=O)c3cccs3)nc2c1C. The van der Waals surface area contributed by atoms with Gasteiger partial charge in [0.05, 0.1) is 10.2 Å². The lowest BCUT2D eigenvalue weighted by atomic mass is 10.0. The fourth-order valence-corrected chi connectivity index (χ4v) is 7.15. The van der Waals surface area contributed by atoms with E-state index < -0.39 is 16.1 Å². The number of rotatable bonds is 4. The van der Waals surface area contributed by atoms with Gasteiger partial charge in [-0.05, 0) is 55.3 Å². The number of nitrogens with one attached hydrogen (secondary N) is 1. The Kier molecular flexibility index (Phi) is 5.26. The molecular formula is C19H21N3O3S3. The van der Waals surface area contributed by atoms with E-state index in [0.29, 0.717) is 18.1 Å². The number of hydrogen-bond acceptors (Lipinski definition) is 6. The number of amides is 1. The molecule has 6 nitrogen and oxygen atoms in total. The van der Waals surface area contributed by atoms with Crippen LogP contribution in [0.15, 0.2) is 33.9 Å². The van der Waals surface area contributed by atoms with Crippen LogP contribution < -0.4 is 5.32 Å². The summed E-state index contributed by atoms with van der Waals surface area (Å²) in [5, 5.41) is 5.10. The van der Waals surface area contributed by atoms with Gasteiger partial charge in [-0.25, -0.2) is 13.4 Å². The number of piperidine rings is 1. The number of nitrogens with zero attached hydrogens (tertiary/aromatic N) is 2. The summed E-state index contributed by atoms with van der Waals surface area (Å²) in [7, 11) is -3.67. The summed E-state index contributed by atoms with van der Waals surface area (Å²) in [5.41, 5.74) is 3.12. The number of hydrogen-bond donors (Lipinski definition) is 1. The molecule has 148 valence electrons. The largest absolute Gasteiger partial charge is 0.301 e. The molecule has 0 spiro atoms. The van der Waals surface area contributed by atoms with E-state index in [4.69, 9.17) is 0 Å². The lowest BCUT2D eigenvalue weighted by Gasteiger charge is -2.32. The second kappa shape index (κ2) is 7.55. The van der Waals surface area contributed by atoms with Crippen molar-refractivity contribution in [1.29, 1.82) is 0 Å². The third kappa shape index (κ3) is 3.47. The molecule has 2 aromatic heterocycles. The van der Waals surface area contributed by atoms with Crippen molar-refractivity contribution in [1.82, 2.24) is 9.29 Å². The topological polar surface area (TPSA) is 79.4 Å². The van der Waals surface area contributed by atoms with Crippen molar-refractivity contribution in [2.75, 3.05) is 11.9 Å². The Balaban J connectivity index is 1.60. The molecule has 0 aliphatic carbocycles. The Hall–Kier alpha value is -1.81. The predicted octanol–water partition coefficient (Wildman–Crippen LogP) is 4.16. The lowest BCUT2D eigenvalue weighted by Crippen LogP contribution is -2.49. The van der Waals surface area contributed by atoms with Gasteiger partial charge in [0.15, 0.2) is 5.13 Å². The minimum Gasteiger partial charge on any atom is -0.301 e. The minimum atomic E-state index is -3.67. The van der Waals surface area contributed by atoms with E-state index in [1.807, 2.05) is 26.0 Å². The first kappa shape index (κ1) is 19.5. The molecule has 1 aliphatic rings. The van der Waals surface area contributed by atoms with Gasteiger partial charge in [0.25, 0.3) is 10.0 Å². The number of fused-ring (bicyclic) bond motifs is 1. The Bertz CT molecular complexity index is 1120. The number of benzene rings is 1. The van der Waals surface area contributed by atoms with Gasteiger partial charge in [-0.3, -0.25) is 4.79 Å². The van der Waals surface area contributed by atoms with Crippen LogP contribution >= 0.6 is 22.7 Å². The molecule has 1 amide bonds. The molecule has 3 heterocycles. The third-order valence-electron chi connectivity index (χ3n) is 5.13. The maximum Gasteiger partial charge on any atom is 0.253 e. The van der Waals surface area contributed by atoms with Gasteiger partial charge in [-0.1, -0.05) is 29.9 Å². The van der Waals surface area contributed by atoms with Crippen molar-refractivity contribution in [3.05, 3.63) is 40.8 Å². The van der Waals surface area contributed by atoms with E-state index in [-0.39, 0.29) is 10.1 Å². The monoisotopic (exact) mass is 435 g/mol. The molecule has 1 aromatic carbocycles. The normalized spacial score (nSPS) is 18.4. The van der Waals surface area contributed by atoms with Crippen molar-refractivity contribution in [2.45, 2.75) is 43.4 Å². The van der Waals surface area contributed by atoms with Gasteiger partial charge in [-0.2, -0.15) is 4.31 Å². The van der Waals surface area contributed by atoms with Crippen molar-refractivity contribution < 1.29 is 13.2 Å². The van der Waals surface area contributed by atoms with E-state index in [0.717, 1.165) is 34.2 Å². The first-order valence-corrected chi connectivity index (χ1v) is 12.2. The van der Waals surface area contributed by atoms with Crippen molar-refractivity contribution in [2.24, 2.45) is 0 Å². The molecule has 1 saturated heterocycles. The van der Waals surface area contributed by atoms with Gasteiger partial charge in [0.2, 0.25) is 5.91 Å². The van der Waals surface area contributed by atoms with Gasteiger partial charge in [-0.15, -0.1) is 11.3 Å². The molecule has 1 aliphatic heterocycles. The molecule has 4 rings (SSSR count). The second-order valence-electron chi connectivity index (χ2n) is 6.92. The van der Waals surface area contributed by atoms with Crippen LogP contribution in [0.1, 0.15) is 30.4 Å². The molecule has 0 unspecified atom stereocenters.